The Morgan fingerprint density at radius 3 is 3.11 bits per heavy atom. The molecule has 2 unspecified atom stereocenters. The van der Waals surface area contributed by atoms with E-state index in [1.54, 1.807) is 12.1 Å². The van der Waals surface area contributed by atoms with Gasteiger partial charge in [-0.1, -0.05) is 17.7 Å². The van der Waals surface area contributed by atoms with Crippen LogP contribution in [0, 0.1) is 5.82 Å². The fourth-order valence-electron chi connectivity index (χ4n) is 4.74. The number of piperidine rings is 1. The quantitative estimate of drug-likeness (QED) is 0.783. The first kappa shape index (κ1) is 17.7. The van der Waals surface area contributed by atoms with Crippen molar-refractivity contribution in [3.63, 3.8) is 0 Å². The van der Waals surface area contributed by atoms with Gasteiger partial charge in [0.1, 0.15) is 5.82 Å². The first-order valence-corrected chi connectivity index (χ1v) is 11.1. The van der Waals surface area contributed by atoms with Crippen LogP contribution < -0.4 is 15.5 Å². The Kier molecular flexibility index (Phi) is 4.70. The van der Waals surface area contributed by atoms with Crippen molar-refractivity contribution in [2.45, 2.75) is 30.7 Å². The third-order valence-corrected chi connectivity index (χ3v) is 7.24. The highest BCUT2D eigenvalue weighted by Crippen LogP contribution is 2.48. The highest BCUT2D eigenvalue weighted by atomic mass is 35.5. The lowest BCUT2D eigenvalue weighted by Crippen LogP contribution is -2.44. The van der Waals surface area contributed by atoms with Crippen LogP contribution in [-0.2, 0) is 12.3 Å². The third-order valence-electron chi connectivity index (χ3n) is 5.97. The molecule has 142 valence electrons. The molecular weight excluding hydrogens is 381 g/mol. The SMILES string of the molecule is Fc1ccc(CNc2cc3c4c(c2)C2CNCCC2N4CCSC3)cc1Cl. The van der Waals surface area contributed by atoms with Crippen molar-refractivity contribution in [1.82, 2.24) is 5.32 Å². The molecule has 2 aromatic rings. The van der Waals surface area contributed by atoms with Gasteiger partial charge in [0.2, 0.25) is 0 Å². The largest absolute Gasteiger partial charge is 0.381 e. The summed E-state index contributed by atoms with van der Waals surface area (Å²) in [4.78, 5) is 2.68. The zero-order valence-electron chi connectivity index (χ0n) is 15.1. The Labute approximate surface area is 168 Å². The molecule has 0 aliphatic carbocycles. The minimum absolute atomic E-state index is 0.179. The molecule has 0 saturated carbocycles. The van der Waals surface area contributed by atoms with E-state index in [4.69, 9.17) is 11.6 Å². The Hall–Kier alpha value is -1.43. The molecule has 0 spiro atoms. The summed E-state index contributed by atoms with van der Waals surface area (Å²) >= 11 is 7.95. The number of halogens is 2. The topological polar surface area (TPSA) is 27.3 Å². The zero-order valence-corrected chi connectivity index (χ0v) is 16.7. The van der Waals surface area contributed by atoms with E-state index in [1.165, 1.54) is 35.1 Å². The predicted octanol–water partition coefficient (Wildman–Crippen LogP) is 4.60. The molecule has 0 bridgehead atoms. The maximum atomic E-state index is 13.4. The molecule has 0 radical (unpaired) electrons. The summed E-state index contributed by atoms with van der Waals surface area (Å²) in [6, 6.07) is 10.2. The van der Waals surface area contributed by atoms with E-state index in [1.807, 2.05) is 11.8 Å². The van der Waals surface area contributed by atoms with Gasteiger partial charge in [0.05, 0.1) is 5.02 Å². The van der Waals surface area contributed by atoms with Gasteiger partial charge in [0.15, 0.2) is 0 Å². The molecule has 1 saturated heterocycles. The molecule has 0 amide bonds. The Morgan fingerprint density at radius 2 is 2.22 bits per heavy atom. The van der Waals surface area contributed by atoms with Gasteiger partial charge < -0.3 is 15.5 Å². The Balaban J connectivity index is 1.45. The van der Waals surface area contributed by atoms with E-state index in [2.05, 4.69) is 27.7 Å². The molecule has 5 rings (SSSR count). The fourth-order valence-corrected chi connectivity index (χ4v) is 5.85. The highest BCUT2D eigenvalue weighted by Gasteiger charge is 2.41. The van der Waals surface area contributed by atoms with Crippen LogP contribution in [0.25, 0.3) is 0 Å². The summed E-state index contributed by atoms with van der Waals surface area (Å²) in [5.74, 6) is 2.48. The van der Waals surface area contributed by atoms with Crippen LogP contribution >= 0.6 is 23.4 Å². The van der Waals surface area contributed by atoms with Crippen molar-refractivity contribution in [3.05, 3.63) is 57.9 Å². The number of rotatable bonds is 3. The monoisotopic (exact) mass is 403 g/mol. The second-order valence-electron chi connectivity index (χ2n) is 7.59. The average molecular weight is 404 g/mol. The molecule has 2 N–H and O–H groups in total. The smallest absolute Gasteiger partial charge is 0.141 e. The van der Waals surface area contributed by atoms with E-state index in [9.17, 15) is 4.39 Å². The van der Waals surface area contributed by atoms with Crippen LogP contribution in [0.5, 0.6) is 0 Å². The van der Waals surface area contributed by atoms with Gasteiger partial charge in [0.25, 0.3) is 0 Å². The summed E-state index contributed by atoms with van der Waals surface area (Å²) in [5.41, 5.74) is 6.57. The van der Waals surface area contributed by atoms with E-state index >= 15 is 0 Å². The molecule has 6 heteroatoms. The number of benzene rings is 2. The van der Waals surface area contributed by atoms with Crippen LogP contribution in [0.2, 0.25) is 5.02 Å². The average Bonchev–Trinajstić information content (AvgIpc) is 2.84. The molecule has 2 atom stereocenters. The summed E-state index contributed by atoms with van der Waals surface area (Å²) in [6.07, 6.45) is 1.22. The van der Waals surface area contributed by atoms with Crippen molar-refractivity contribution in [3.8, 4) is 0 Å². The maximum absolute atomic E-state index is 13.4. The zero-order chi connectivity index (χ0) is 18.4. The number of hydrogen-bond acceptors (Lipinski definition) is 4. The van der Waals surface area contributed by atoms with Gasteiger partial charge in [-0.2, -0.15) is 11.8 Å². The second kappa shape index (κ2) is 7.19. The normalized spacial score (nSPS) is 23.6. The highest BCUT2D eigenvalue weighted by molar-refractivity contribution is 7.98. The number of anilines is 2. The lowest BCUT2D eigenvalue weighted by Gasteiger charge is -2.33. The Bertz CT molecular complexity index is 875. The van der Waals surface area contributed by atoms with Crippen LogP contribution in [0.3, 0.4) is 0 Å². The molecule has 3 nitrogen and oxygen atoms in total. The van der Waals surface area contributed by atoms with Crippen LogP contribution in [-0.4, -0.2) is 31.4 Å². The molecule has 0 aromatic heterocycles. The number of hydrogen-bond donors (Lipinski definition) is 2. The molecule has 3 heterocycles. The summed E-state index contributed by atoms with van der Waals surface area (Å²) in [5, 5.41) is 7.30. The van der Waals surface area contributed by atoms with E-state index in [0.29, 0.717) is 18.5 Å². The van der Waals surface area contributed by atoms with Gasteiger partial charge in [-0.3, -0.25) is 0 Å². The Morgan fingerprint density at radius 1 is 1.30 bits per heavy atom. The standard InChI is InChI=1S/C21H23ClFN3S/c22-18-7-13(1-2-19(18)23)10-25-15-8-14-12-27-6-5-26-20-3-4-24-11-17(20)16(9-15)21(14)26/h1-2,7-9,17,20,24-25H,3-6,10-12H2. The molecule has 3 aliphatic heterocycles. The fraction of sp³-hybridized carbons (Fsp3) is 0.429. The summed E-state index contributed by atoms with van der Waals surface area (Å²) < 4.78 is 13.4. The van der Waals surface area contributed by atoms with E-state index in [-0.39, 0.29) is 10.8 Å². The second-order valence-corrected chi connectivity index (χ2v) is 9.10. The van der Waals surface area contributed by atoms with Crippen LogP contribution in [0.1, 0.15) is 29.0 Å². The van der Waals surface area contributed by atoms with E-state index < -0.39 is 0 Å². The van der Waals surface area contributed by atoms with Gasteiger partial charge in [-0.05, 0) is 53.9 Å². The number of fused-ring (bicyclic) bond motifs is 3. The van der Waals surface area contributed by atoms with Crippen molar-refractivity contribution in [2.24, 2.45) is 0 Å². The van der Waals surface area contributed by atoms with Gasteiger partial charge in [-0.25, -0.2) is 4.39 Å². The minimum atomic E-state index is -0.369. The van der Waals surface area contributed by atoms with Crippen LogP contribution in [0.15, 0.2) is 30.3 Å². The predicted molar refractivity (Wildman–Crippen MR) is 113 cm³/mol. The molecule has 27 heavy (non-hydrogen) atoms. The maximum Gasteiger partial charge on any atom is 0.141 e. The third kappa shape index (κ3) is 3.20. The lowest BCUT2D eigenvalue weighted by atomic mass is 9.89. The van der Waals surface area contributed by atoms with Crippen molar-refractivity contribution >= 4 is 34.7 Å². The first-order valence-electron chi connectivity index (χ1n) is 9.60. The van der Waals surface area contributed by atoms with Crippen molar-refractivity contribution in [2.75, 3.05) is 35.6 Å². The van der Waals surface area contributed by atoms with Crippen molar-refractivity contribution < 1.29 is 4.39 Å². The molecular formula is C21H23ClFN3S. The van der Waals surface area contributed by atoms with Crippen molar-refractivity contribution in [1.29, 1.82) is 0 Å². The van der Waals surface area contributed by atoms with E-state index in [0.717, 1.165) is 36.6 Å². The summed E-state index contributed by atoms with van der Waals surface area (Å²) in [6.45, 7) is 3.98. The number of nitrogens with one attached hydrogen (secondary N) is 2. The molecule has 2 aromatic carbocycles. The first-order chi connectivity index (χ1) is 13.2. The van der Waals surface area contributed by atoms with Gasteiger partial charge in [0, 0.05) is 54.5 Å². The lowest BCUT2D eigenvalue weighted by molar-refractivity contribution is 0.406. The molecule has 3 aliphatic rings. The van der Waals surface area contributed by atoms with Gasteiger partial charge in [-0.15, -0.1) is 0 Å². The minimum Gasteiger partial charge on any atom is -0.381 e. The van der Waals surface area contributed by atoms with Crippen LogP contribution in [0.4, 0.5) is 15.8 Å². The van der Waals surface area contributed by atoms with Gasteiger partial charge >= 0.3 is 0 Å². The number of thioether (sulfide) groups is 1. The molecule has 1 fully saturated rings. The summed E-state index contributed by atoms with van der Waals surface area (Å²) in [7, 11) is 0. The number of nitrogens with zero attached hydrogens (tertiary/aromatic N) is 1.